The van der Waals surface area contributed by atoms with E-state index in [-0.39, 0.29) is 11.7 Å². The van der Waals surface area contributed by atoms with E-state index < -0.39 is 10.9 Å². The topological polar surface area (TPSA) is 81.5 Å². The molecule has 1 aliphatic carbocycles. The quantitative estimate of drug-likeness (QED) is 0.377. The van der Waals surface area contributed by atoms with Gasteiger partial charge in [-0.1, -0.05) is 12.5 Å². The van der Waals surface area contributed by atoms with Crippen molar-refractivity contribution in [1.82, 2.24) is 0 Å². The molecule has 6 nitrogen and oxygen atoms in total. The fourth-order valence-corrected chi connectivity index (χ4v) is 2.46. The highest BCUT2D eigenvalue weighted by Gasteiger charge is 2.25. The third kappa shape index (κ3) is 3.84. The summed E-state index contributed by atoms with van der Waals surface area (Å²) in [6, 6.07) is 5.09. The molecule has 1 aromatic carbocycles. The van der Waals surface area contributed by atoms with Gasteiger partial charge in [0.2, 0.25) is 0 Å². The number of nitro groups is 1. The van der Waals surface area contributed by atoms with Crippen molar-refractivity contribution in [2.45, 2.75) is 32.2 Å². The Kier molecular flexibility index (Phi) is 5.14. The van der Waals surface area contributed by atoms with Gasteiger partial charge in [0.25, 0.3) is 5.69 Å². The highest BCUT2D eigenvalue weighted by Crippen LogP contribution is 2.33. The number of nitrogens with one attached hydrogen (secondary N) is 1. The number of anilines is 1. The summed E-state index contributed by atoms with van der Waals surface area (Å²) >= 11 is 0. The smallest absolute Gasteiger partial charge is 0.330 e. The molecular weight excluding hydrogens is 284 g/mol. The van der Waals surface area contributed by atoms with Gasteiger partial charge in [0, 0.05) is 18.2 Å². The molecule has 6 heteroatoms. The van der Waals surface area contributed by atoms with Gasteiger partial charge in [-0.05, 0) is 43.4 Å². The van der Waals surface area contributed by atoms with E-state index in [0.717, 1.165) is 0 Å². The maximum atomic E-state index is 11.3. The van der Waals surface area contributed by atoms with Gasteiger partial charge >= 0.3 is 5.97 Å². The summed E-state index contributed by atoms with van der Waals surface area (Å²) in [5.74, 6) is 0.0851. The number of methoxy groups -OCH3 is 1. The van der Waals surface area contributed by atoms with Crippen molar-refractivity contribution in [2.75, 3.05) is 12.4 Å². The second-order valence-electron chi connectivity index (χ2n) is 5.51. The van der Waals surface area contributed by atoms with Crippen LogP contribution in [-0.4, -0.2) is 24.0 Å². The molecule has 1 aromatic rings. The lowest BCUT2D eigenvalue weighted by Crippen LogP contribution is -2.31. The molecular formula is C16H20N2O4. The molecule has 1 saturated carbocycles. The van der Waals surface area contributed by atoms with E-state index >= 15 is 0 Å². The first-order chi connectivity index (χ1) is 10.5. The molecule has 22 heavy (non-hydrogen) atoms. The molecule has 0 saturated heterocycles. The van der Waals surface area contributed by atoms with Crippen LogP contribution in [0, 0.1) is 16.0 Å². The average molecular weight is 304 g/mol. The number of carbonyl (C=O) groups is 1. The summed E-state index contributed by atoms with van der Waals surface area (Å²) in [5, 5.41) is 14.5. The third-order valence-electron chi connectivity index (χ3n) is 4.07. The minimum Gasteiger partial charge on any atom is -0.466 e. The van der Waals surface area contributed by atoms with Crippen LogP contribution in [0.1, 0.15) is 31.7 Å². The Morgan fingerprint density at radius 1 is 1.50 bits per heavy atom. The molecule has 1 fully saturated rings. The van der Waals surface area contributed by atoms with E-state index in [9.17, 15) is 14.9 Å². The van der Waals surface area contributed by atoms with Gasteiger partial charge in [-0.3, -0.25) is 10.1 Å². The maximum absolute atomic E-state index is 11.3. The number of benzene rings is 1. The Labute approximate surface area is 129 Å². The van der Waals surface area contributed by atoms with E-state index in [1.807, 2.05) is 0 Å². The zero-order chi connectivity index (χ0) is 16.1. The molecule has 0 aromatic heterocycles. The number of carbonyl (C=O) groups excluding carboxylic acids is 1. The minimum atomic E-state index is -0.497. The average Bonchev–Trinajstić information content (AvgIpc) is 2.43. The van der Waals surface area contributed by atoms with E-state index in [0.29, 0.717) is 17.2 Å². The molecule has 1 aliphatic rings. The largest absolute Gasteiger partial charge is 0.466 e. The predicted octanol–water partition coefficient (Wildman–Crippen LogP) is 3.38. The third-order valence-corrected chi connectivity index (χ3v) is 4.07. The van der Waals surface area contributed by atoms with Crippen LogP contribution in [0.15, 0.2) is 24.3 Å². The van der Waals surface area contributed by atoms with Crippen molar-refractivity contribution in [3.05, 3.63) is 40.0 Å². The predicted molar refractivity (Wildman–Crippen MR) is 84.6 cm³/mol. The van der Waals surface area contributed by atoms with Crippen molar-refractivity contribution >= 4 is 23.4 Å². The summed E-state index contributed by atoms with van der Waals surface area (Å²) in [4.78, 5) is 21.9. The molecule has 0 radical (unpaired) electrons. The normalized spacial score (nSPS) is 16.1. The van der Waals surface area contributed by atoms with Crippen molar-refractivity contribution in [2.24, 2.45) is 5.92 Å². The van der Waals surface area contributed by atoms with Crippen molar-refractivity contribution in [3.63, 3.8) is 0 Å². The highest BCUT2D eigenvalue weighted by atomic mass is 16.6. The zero-order valence-corrected chi connectivity index (χ0v) is 12.7. The standard InChI is InChI=1S/C16H20N2O4/c1-11(13-4-3-5-13)17-14-8-6-12(7-9-16(19)22-2)10-15(14)18(20)21/h6-11,13,17H,3-5H2,1-2H3/b9-7+. The molecule has 0 amide bonds. The van der Waals surface area contributed by atoms with Gasteiger partial charge in [0.05, 0.1) is 12.0 Å². The van der Waals surface area contributed by atoms with Crippen LogP contribution < -0.4 is 5.32 Å². The number of ether oxygens (including phenoxy) is 1. The Bertz CT molecular complexity index is 594. The Balaban J connectivity index is 2.17. The number of rotatable bonds is 6. The summed E-state index contributed by atoms with van der Waals surface area (Å²) in [6.45, 7) is 2.05. The lowest BCUT2D eigenvalue weighted by atomic mass is 9.80. The van der Waals surface area contributed by atoms with Gasteiger partial charge in [-0.2, -0.15) is 0 Å². The van der Waals surface area contributed by atoms with Crippen molar-refractivity contribution < 1.29 is 14.5 Å². The number of hydrogen-bond acceptors (Lipinski definition) is 5. The maximum Gasteiger partial charge on any atom is 0.330 e. The van der Waals surface area contributed by atoms with Crippen LogP contribution in [0.3, 0.4) is 0 Å². The number of hydrogen-bond donors (Lipinski definition) is 1. The van der Waals surface area contributed by atoms with Crippen LogP contribution in [0.5, 0.6) is 0 Å². The van der Waals surface area contributed by atoms with Gasteiger partial charge < -0.3 is 10.1 Å². The monoisotopic (exact) mass is 304 g/mol. The van der Waals surface area contributed by atoms with E-state index in [2.05, 4.69) is 17.0 Å². The number of nitrogens with zero attached hydrogens (tertiary/aromatic N) is 1. The molecule has 118 valence electrons. The molecule has 0 spiro atoms. The molecule has 1 unspecified atom stereocenters. The Hall–Kier alpha value is -2.37. The molecule has 0 heterocycles. The second-order valence-corrected chi connectivity index (χ2v) is 5.51. The fourth-order valence-electron chi connectivity index (χ4n) is 2.46. The van der Waals surface area contributed by atoms with Gasteiger partial charge in [-0.25, -0.2) is 4.79 Å². The van der Waals surface area contributed by atoms with E-state index in [1.54, 1.807) is 12.1 Å². The van der Waals surface area contributed by atoms with Crippen molar-refractivity contribution in [3.8, 4) is 0 Å². The van der Waals surface area contributed by atoms with Gasteiger partial charge in [0.15, 0.2) is 0 Å². The van der Waals surface area contributed by atoms with Crippen LogP contribution in [-0.2, 0) is 9.53 Å². The van der Waals surface area contributed by atoms with Gasteiger partial charge in [0.1, 0.15) is 5.69 Å². The first-order valence-electron chi connectivity index (χ1n) is 7.32. The van der Waals surface area contributed by atoms with Crippen LogP contribution in [0.2, 0.25) is 0 Å². The van der Waals surface area contributed by atoms with E-state index in [1.165, 1.54) is 44.6 Å². The zero-order valence-electron chi connectivity index (χ0n) is 12.7. The Morgan fingerprint density at radius 3 is 2.77 bits per heavy atom. The van der Waals surface area contributed by atoms with Crippen LogP contribution >= 0.6 is 0 Å². The first-order valence-corrected chi connectivity index (χ1v) is 7.32. The van der Waals surface area contributed by atoms with E-state index in [4.69, 9.17) is 0 Å². The van der Waals surface area contributed by atoms with Gasteiger partial charge in [-0.15, -0.1) is 0 Å². The second kappa shape index (κ2) is 7.06. The summed E-state index contributed by atoms with van der Waals surface area (Å²) in [7, 11) is 1.28. The van der Waals surface area contributed by atoms with Crippen molar-refractivity contribution in [1.29, 1.82) is 0 Å². The molecule has 2 rings (SSSR count). The summed E-state index contributed by atoms with van der Waals surface area (Å²) in [6.07, 6.45) is 6.31. The SMILES string of the molecule is COC(=O)/C=C/c1ccc(NC(C)C2CCC2)c([N+](=O)[O-])c1. The molecule has 0 bridgehead atoms. The number of nitro benzene ring substituents is 1. The summed E-state index contributed by atoms with van der Waals surface area (Å²) < 4.78 is 4.50. The minimum absolute atomic E-state index is 0.0122. The van der Waals surface area contributed by atoms with Crippen LogP contribution in [0.4, 0.5) is 11.4 Å². The Morgan fingerprint density at radius 2 is 2.23 bits per heavy atom. The highest BCUT2D eigenvalue weighted by molar-refractivity contribution is 5.87. The molecule has 1 N–H and O–H groups in total. The first kappa shape index (κ1) is 16.0. The molecule has 0 aliphatic heterocycles. The molecule has 1 atom stereocenters. The lowest BCUT2D eigenvalue weighted by molar-refractivity contribution is -0.384. The summed E-state index contributed by atoms with van der Waals surface area (Å²) in [5.41, 5.74) is 1.11. The fraction of sp³-hybridized carbons (Fsp3) is 0.438. The lowest BCUT2D eigenvalue weighted by Gasteiger charge is -2.32. The van der Waals surface area contributed by atoms with Crippen LogP contribution in [0.25, 0.3) is 6.08 Å². The number of esters is 1.